The number of hydrogen-bond donors (Lipinski definition) is 2. The van der Waals surface area contributed by atoms with Crippen LogP contribution in [0.5, 0.6) is 5.75 Å². The van der Waals surface area contributed by atoms with Gasteiger partial charge in [0, 0.05) is 16.3 Å². The van der Waals surface area contributed by atoms with E-state index in [0.29, 0.717) is 28.6 Å². The highest BCUT2D eigenvalue weighted by atomic mass is 35.5. The Labute approximate surface area is 177 Å². The van der Waals surface area contributed by atoms with Gasteiger partial charge in [-0.05, 0) is 54.1 Å². The number of para-hydroxylation sites is 1. The molecule has 30 heavy (non-hydrogen) atoms. The van der Waals surface area contributed by atoms with Crippen LogP contribution < -0.4 is 15.5 Å². The number of ether oxygens (including phenoxy) is 1. The fourth-order valence-corrected chi connectivity index (χ4v) is 2.52. The van der Waals surface area contributed by atoms with E-state index in [-0.39, 0.29) is 0 Å². The second kappa shape index (κ2) is 10.2. The molecule has 0 bridgehead atoms. The van der Waals surface area contributed by atoms with Crippen LogP contribution in [0, 0.1) is 5.82 Å². The van der Waals surface area contributed by atoms with Crippen molar-refractivity contribution in [2.45, 2.75) is 6.61 Å². The molecule has 0 aliphatic heterocycles. The summed E-state index contributed by atoms with van der Waals surface area (Å²) in [6.45, 7) is 0.328. The van der Waals surface area contributed by atoms with Crippen LogP contribution in [0.4, 0.5) is 10.1 Å². The molecule has 2 N–H and O–H groups in total. The molecule has 8 heteroatoms. The molecule has 3 aromatic rings. The predicted octanol–water partition coefficient (Wildman–Crippen LogP) is 4.15. The molecule has 0 saturated heterocycles. The van der Waals surface area contributed by atoms with Crippen molar-refractivity contribution in [3.63, 3.8) is 0 Å². The maximum Gasteiger partial charge on any atom is 0.329 e. The zero-order valence-corrected chi connectivity index (χ0v) is 16.4. The molecule has 0 unspecified atom stereocenters. The van der Waals surface area contributed by atoms with E-state index in [1.165, 1.54) is 30.5 Å². The molecule has 3 aromatic carbocycles. The summed E-state index contributed by atoms with van der Waals surface area (Å²) in [5.41, 5.74) is 3.99. The fourth-order valence-electron chi connectivity index (χ4n) is 2.39. The molecule has 0 radical (unpaired) electrons. The number of hydrogen-bond acceptors (Lipinski definition) is 4. The summed E-state index contributed by atoms with van der Waals surface area (Å²) in [6, 6.07) is 19.4. The Bertz CT molecular complexity index is 1050. The van der Waals surface area contributed by atoms with Crippen LogP contribution in [0.25, 0.3) is 0 Å². The highest BCUT2D eigenvalue weighted by Gasteiger charge is 2.13. The summed E-state index contributed by atoms with van der Waals surface area (Å²) in [4.78, 5) is 23.7. The zero-order chi connectivity index (χ0) is 21.3. The van der Waals surface area contributed by atoms with Crippen LogP contribution in [0.2, 0.25) is 5.02 Å². The van der Waals surface area contributed by atoms with Crippen molar-refractivity contribution in [2.75, 3.05) is 5.32 Å². The molecular weight excluding hydrogens is 409 g/mol. The van der Waals surface area contributed by atoms with Crippen molar-refractivity contribution in [1.29, 1.82) is 0 Å². The van der Waals surface area contributed by atoms with E-state index in [0.717, 1.165) is 5.56 Å². The molecule has 0 aliphatic rings. The minimum atomic E-state index is -0.963. The van der Waals surface area contributed by atoms with Crippen molar-refractivity contribution < 1.29 is 18.7 Å². The topological polar surface area (TPSA) is 79.8 Å². The summed E-state index contributed by atoms with van der Waals surface area (Å²) in [5.74, 6) is -1.78. The second-order valence-electron chi connectivity index (χ2n) is 6.11. The number of carbonyl (C=O) groups excluding carboxylic acids is 2. The number of halogens is 2. The minimum Gasteiger partial charge on any atom is -0.488 e. The van der Waals surface area contributed by atoms with Gasteiger partial charge in [-0.2, -0.15) is 5.10 Å². The SMILES string of the molecule is O=C(NN=Cc1ccccc1OCc1ccc(Cl)cc1)C(=O)Nc1ccc(F)cc1. The van der Waals surface area contributed by atoms with Crippen molar-refractivity contribution in [2.24, 2.45) is 5.10 Å². The lowest BCUT2D eigenvalue weighted by Crippen LogP contribution is -2.32. The largest absolute Gasteiger partial charge is 0.488 e. The van der Waals surface area contributed by atoms with Gasteiger partial charge in [-0.1, -0.05) is 35.9 Å². The molecule has 0 atom stereocenters. The highest BCUT2D eigenvalue weighted by molar-refractivity contribution is 6.39. The van der Waals surface area contributed by atoms with Gasteiger partial charge < -0.3 is 10.1 Å². The first kappa shape index (κ1) is 21.0. The Kier molecular flexibility index (Phi) is 7.13. The number of rotatable bonds is 6. The third-order valence-corrected chi connectivity index (χ3v) is 4.16. The highest BCUT2D eigenvalue weighted by Crippen LogP contribution is 2.18. The normalized spacial score (nSPS) is 10.6. The number of benzene rings is 3. The molecule has 0 heterocycles. The van der Waals surface area contributed by atoms with Crippen molar-refractivity contribution in [3.05, 3.63) is 94.8 Å². The van der Waals surface area contributed by atoms with E-state index < -0.39 is 17.6 Å². The Morgan fingerprint density at radius 2 is 1.67 bits per heavy atom. The first-order valence-corrected chi connectivity index (χ1v) is 9.25. The predicted molar refractivity (Wildman–Crippen MR) is 113 cm³/mol. The number of amides is 2. The third kappa shape index (κ3) is 6.15. The van der Waals surface area contributed by atoms with Gasteiger partial charge in [0.15, 0.2) is 0 Å². The number of carbonyl (C=O) groups is 2. The molecule has 6 nitrogen and oxygen atoms in total. The Morgan fingerprint density at radius 1 is 0.967 bits per heavy atom. The van der Waals surface area contributed by atoms with Gasteiger partial charge in [-0.25, -0.2) is 9.82 Å². The number of nitrogens with zero attached hydrogens (tertiary/aromatic N) is 1. The Balaban J connectivity index is 1.56. The first-order chi connectivity index (χ1) is 14.5. The number of nitrogens with one attached hydrogen (secondary N) is 2. The summed E-state index contributed by atoms with van der Waals surface area (Å²) in [5, 5.41) is 6.79. The van der Waals surface area contributed by atoms with Crippen LogP contribution in [-0.2, 0) is 16.2 Å². The lowest BCUT2D eigenvalue weighted by atomic mass is 10.2. The van der Waals surface area contributed by atoms with E-state index in [1.807, 2.05) is 18.2 Å². The van der Waals surface area contributed by atoms with Crippen LogP contribution in [0.1, 0.15) is 11.1 Å². The Morgan fingerprint density at radius 3 is 2.40 bits per heavy atom. The zero-order valence-electron chi connectivity index (χ0n) is 15.6. The molecule has 0 aromatic heterocycles. The molecule has 152 valence electrons. The van der Waals surface area contributed by atoms with Gasteiger partial charge in [-0.15, -0.1) is 0 Å². The lowest BCUT2D eigenvalue weighted by molar-refractivity contribution is -0.136. The summed E-state index contributed by atoms with van der Waals surface area (Å²) in [6.07, 6.45) is 1.38. The van der Waals surface area contributed by atoms with Crippen molar-refractivity contribution >= 4 is 35.3 Å². The molecular formula is C22H17ClFN3O3. The van der Waals surface area contributed by atoms with E-state index in [4.69, 9.17) is 16.3 Å². The van der Waals surface area contributed by atoms with Crippen LogP contribution in [0.3, 0.4) is 0 Å². The summed E-state index contributed by atoms with van der Waals surface area (Å²) < 4.78 is 18.7. The average Bonchev–Trinajstić information content (AvgIpc) is 2.75. The number of hydrazone groups is 1. The molecule has 0 fully saturated rings. The van der Waals surface area contributed by atoms with Gasteiger partial charge in [0.25, 0.3) is 0 Å². The van der Waals surface area contributed by atoms with Crippen LogP contribution in [0.15, 0.2) is 77.9 Å². The first-order valence-electron chi connectivity index (χ1n) is 8.87. The van der Waals surface area contributed by atoms with Gasteiger partial charge in [0.2, 0.25) is 0 Å². The average molecular weight is 426 g/mol. The van der Waals surface area contributed by atoms with E-state index >= 15 is 0 Å². The van der Waals surface area contributed by atoms with Gasteiger partial charge in [-0.3, -0.25) is 9.59 Å². The van der Waals surface area contributed by atoms with Crippen LogP contribution in [-0.4, -0.2) is 18.0 Å². The third-order valence-electron chi connectivity index (χ3n) is 3.90. The quantitative estimate of drug-likeness (QED) is 0.354. The standard InChI is InChI=1S/C22H17ClFN3O3/c23-17-7-5-15(6-8-17)14-30-20-4-2-1-3-16(20)13-25-27-22(29)21(28)26-19-11-9-18(24)10-12-19/h1-13H,14H2,(H,26,28)(H,27,29). The fraction of sp³-hybridized carbons (Fsp3) is 0.0455. The molecule has 0 spiro atoms. The van der Waals surface area contributed by atoms with Gasteiger partial charge in [0.1, 0.15) is 18.2 Å². The van der Waals surface area contributed by atoms with E-state index in [9.17, 15) is 14.0 Å². The van der Waals surface area contributed by atoms with E-state index in [2.05, 4.69) is 15.8 Å². The maximum atomic E-state index is 12.9. The number of anilines is 1. The molecule has 0 aliphatic carbocycles. The van der Waals surface area contributed by atoms with Gasteiger partial charge in [0.05, 0.1) is 6.21 Å². The second-order valence-corrected chi connectivity index (χ2v) is 6.55. The van der Waals surface area contributed by atoms with Crippen LogP contribution >= 0.6 is 11.6 Å². The lowest BCUT2D eigenvalue weighted by Gasteiger charge is -2.09. The summed E-state index contributed by atoms with van der Waals surface area (Å²) in [7, 11) is 0. The van der Waals surface area contributed by atoms with Crippen molar-refractivity contribution in [1.82, 2.24) is 5.43 Å². The molecule has 0 saturated carbocycles. The monoisotopic (exact) mass is 425 g/mol. The van der Waals surface area contributed by atoms with E-state index in [1.54, 1.807) is 30.3 Å². The van der Waals surface area contributed by atoms with Crippen molar-refractivity contribution in [3.8, 4) is 5.75 Å². The summed E-state index contributed by atoms with van der Waals surface area (Å²) >= 11 is 5.87. The maximum absolute atomic E-state index is 12.9. The smallest absolute Gasteiger partial charge is 0.329 e. The molecule has 2 amide bonds. The molecule has 3 rings (SSSR count). The Hall–Kier alpha value is -3.71. The van der Waals surface area contributed by atoms with Gasteiger partial charge >= 0.3 is 11.8 Å². The minimum absolute atomic E-state index is 0.293.